The quantitative estimate of drug-likeness (QED) is 0.683. The van der Waals surface area contributed by atoms with Gasteiger partial charge in [-0.2, -0.15) is 0 Å². The minimum atomic E-state index is -0.115. The number of aromatic nitrogens is 2. The van der Waals surface area contributed by atoms with Gasteiger partial charge in [0.2, 0.25) is 5.91 Å². The second kappa shape index (κ2) is 7.40. The number of benzene rings is 1. The molecule has 5 nitrogen and oxygen atoms in total. The molecule has 1 amide bonds. The van der Waals surface area contributed by atoms with Gasteiger partial charge in [-0.3, -0.25) is 4.79 Å². The van der Waals surface area contributed by atoms with E-state index in [1.54, 1.807) is 36.4 Å². The van der Waals surface area contributed by atoms with Crippen molar-refractivity contribution in [3.8, 4) is 0 Å². The summed E-state index contributed by atoms with van der Waals surface area (Å²) in [6.45, 7) is 0.447. The number of nitrogens with two attached hydrogens (primary N) is 1. The van der Waals surface area contributed by atoms with Crippen molar-refractivity contribution in [2.75, 3.05) is 12.8 Å². The lowest BCUT2D eigenvalue weighted by atomic mass is 10.2. The normalized spacial score (nSPS) is 11.4. The number of hydrogen-bond acceptors (Lipinski definition) is 3. The monoisotopic (exact) mass is 388 g/mol. The summed E-state index contributed by atoms with van der Waals surface area (Å²) in [4.78, 5) is 18.0. The molecule has 1 aromatic carbocycles. The first kappa shape index (κ1) is 18.3. The Kier molecular flexibility index (Phi) is 5.20. The lowest BCUT2D eigenvalue weighted by Crippen LogP contribution is -2.25. The standard InChI is InChI=1S/C19H18Cl2N4O/c1-24(19(26)6-4-12-3-5-18(22)23-10-12)11-14-9-15-16(21)7-13(20)8-17(15)25(14)2/h3-10H,11H2,1-2H3,(H2,22,23)/b6-4+. The van der Waals surface area contributed by atoms with Crippen molar-refractivity contribution >= 4 is 51.9 Å². The smallest absolute Gasteiger partial charge is 0.246 e. The Morgan fingerprint density at radius 3 is 2.77 bits per heavy atom. The minimum absolute atomic E-state index is 0.115. The molecule has 7 heteroatoms. The topological polar surface area (TPSA) is 64.2 Å². The van der Waals surface area contributed by atoms with Crippen molar-refractivity contribution < 1.29 is 4.79 Å². The van der Waals surface area contributed by atoms with E-state index in [0.29, 0.717) is 22.4 Å². The van der Waals surface area contributed by atoms with Crippen molar-refractivity contribution in [3.05, 3.63) is 63.9 Å². The number of likely N-dealkylation sites (N-methyl/N-ethyl adjacent to an activating group) is 1. The molecular formula is C19H18Cl2N4O. The molecule has 2 aromatic heterocycles. The molecule has 0 aliphatic rings. The van der Waals surface area contributed by atoms with E-state index in [1.807, 2.05) is 29.8 Å². The molecular weight excluding hydrogens is 371 g/mol. The van der Waals surface area contributed by atoms with E-state index in [0.717, 1.165) is 22.2 Å². The molecule has 0 radical (unpaired) electrons. The van der Waals surface area contributed by atoms with Crippen molar-refractivity contribution in [1.29, 1.82) is 0 Å². The number of carbonyl (C=O) groups is 1. The summed E-state index contributed by atoms with van der Waals surface area (Å²) in [5.74, 6) is 0.330. The third kappa shape index (κ3) is 3.84. The summed E-state index contributed by atoms with van der Waals surface area (Å²) in [5.41, 5.74) is 8.26. The Morgan fingerprint density at radius 1 is 1.31 bits per heavy atom. The van der Waals surface area contributed by atoms with Crippen molar-refractivity contribution in [2.24, 2.45) is 7.05 Å². The molecule has 2 N–H and O–H groups in total. The predicted octanol–water partition coefficient (Wildman–Crippen LogP) is 4.13. The number of carbonyl (C=O) groups excluding carboxylic acids is 1. The summed E-state index contributed by atoms with van der Waals surface area (Å²) in [6.07, 6.45) is 4.85. The number of fused-ring (bicyclic) bond motifs is 1. The number of pyridine rings is 1. The van der Waals surface area contributed by atoms with Crippen LogP contribution in [0, 0.1) is 0 Å². The van der Waals surface area contributed by atoms with Crippen LogP contribution in [-0.4, -0.2) is 27.4 Å². The molecule has 0 fully saturated rings. The van der Waals surface area contributed by atoms with Gasteiger partial charge in [0.15, 0.2) is 0 Å². The Morgan fingerprint density at radius 2 is 2.08 bits per heavy atom. The van der Waals surface area contributed by atoms with Crippen LogP contribution in [0.2, 0.25) is 10.0 Å². The summed E-state index contributed by atoms with van der Waals surface area (Å²) in [5, 5.41) is 2.09. The van der Waals surface area contributed by atoms with Crippen LogP contribution in [0.5, 0.6) is 0 Å². The number of nitrogen functional groups attached to an aromatic ring is 1. The van der Waals surface area contributed by atoms with Crippen LogP contribution in [0.1, 0.15) is 11.3 Å². The van der Waals surface area contributed by atoms with E-state index >= 15 is 0 Å². The van der Waals surface area contributed by atoms with Crippen LogP contribution in [0.3, 0.4) is 0 Å². The lowest BCUT2D eigenvalue weighted by molar-refractivity contribution is -0.125. The van der Waals surface area contributed by atoms with E-state index in [4.69, 9.17) is 28.9 Å². The average molecular weight is 389 g/mol. The first-order chi connectivity index (χ1) is 12.3. The molecule has 0 atom stereocenters. The van der Waals surface area contributed by atoms with Gasteiger partial charge in [-0.1, -0.05) is 23.2 Å². The Hall–Kier alpha value is -2.50. The molecule has 26 heavy (non-hydrogen) atoms. The Balaban J connectivity index is 1.77. The molecule has 3 rings (SSSR count). The zero-order valence-electron chi connectivity index (χ0n) is 14.4. The third-order valence-corrected chi connectivity index (χ3v) is 4.71. The first-order valence-corrected chi connectivity index (χ1v) is 8.69. The number of aryl methyl sites for hydroxylation is 1. The predicted molar refractivity (Wildman–Crippen MR) is 107 cm³/mol. The third-order valence-electron chi connectivity index (χ3n) is 4.18. The fraction of sp³-hybridized carbons (Fsp3) is 0.158. The number of halogens is 2. The van der Waals surface area contributed by atoms with Crippen LogP contribution in [0.15, 0.2) is 42.6 Å². The Labute approximate surface area is 161 Å². The van der Waals surface area contributed by atoms with Crippen LogP contribution in [0.25, 0.3) is 17.0 Å². The largest absolute Gasteiger partial charge is 0.384 e. The summed E-state index contributed by atoms with van der Waals surface area (Å²) in [6, 6.07) is 9.06. The van der Waals surface area contributed by atoms with E-state index in [9.17, 15) is 4.79 Å². The highest BCUT2D eigenvalue weighted by Gasteiger charge is 2.13. The molecule has 3 aromatic rings. The first-order valence-electron chi connectivity index (χ1n) is 7.93. The van der Waals surface area contributed by atoms with Gasteiger partial charge in [0.25, 0.3) is 0 Å². The molecule has 0 aliphatic heterocycles. The van der Waals surface area contributed by atoms with E-state index in [1.165, 1.54) is 6.08 Å². The molecule has 0 bridgehead atoms. The second-order valence-electron chi connectivity index (χ2n) is 6.06. The van der Waals surface area contributed by atoms with E-state index < -0.39 is 0 Å². The zero-order valence-corrected chi connectivity index (χ0v) is 15.9. The molecule has 0 unspecified atom stereocenters. The highest BCUT2D eigenvalue weighted by Crippen LogP contribution is 2.30. The Bertz CT molecular complexity index is 993. The van der Waals surface area contributed by atoms with Crippen molar-refractivity contribution in [2.45, 2.75) is 6.54 Å². The van der Waals surface area contributed by atoms with Gasteiger partial charge >= 0.3 is 0 Å². The molecule has 2 heterocycles. The van der Waals surface area contributed by atoms with Gasteiger partial charge in [-0.25, -0.2) is 4.98 Å². The van der Waals surface area contributed by atoms with Crippen molar-refractivity contribution in [1.82, 2.24) is 14.5 Å². The number of anilines is 1. The van der Waals surface area contributed by atoms with Crippen LogP contribution < -0.4 is 5.73 Å². The van der Waals surface area contributed by atoms with Gasteiger partial charge in [0.1, 0.15) is 5.82 Å². The maximum absolute atomic E-state index is 12.4. The summed E-state index contributed by atoms with van der Waals surface area (Å²) in [7, 11) is 3.68. The maximum atomic E-state index is 12.4. The van der Waals surface area contributed by atoms with Gasteiger partial charge in [0, 0.05) is 42.5 Å². The molecule has 0 saturated carbocycles. The number of rotatable bonds is 4. The highest BCUT2D eigenvalue weighted by molar-refractivity contribution is 6.38. The SMILES string of the molecule is CN(Cc1cc2c(Cl)cc(Cl)cc2n1C)C(=O)/C=C/c1ccc(N)nc1. The highest BCUT2D eigenvalue weighted by atomic mass is 35.5. The van der Waals surface area contributed by atoms with Crippen LogP contribution in [0.4, 0.5) is 5.82 Å². The number of nitrogens with zero attached hydrogens (tertiary/aromatic N) is 3. The average Bonchev–Trinajstić information content (AvgIpc) is 2.91. The minimum Gasteiger partial charge on any atom is -0.384 e. The van der Waals surface area contributed by atoms with Gasteiger partial charge in [-0.15, -0.1) is 0 Å². The molecule has 0 aliphatic carbocycles. The van der Waals surface area contributed by atoms with Crippen LogP contribution in [-0.2, 0) is 18.4 Å². The number of amides is 1. The molecule has 0 spiro atoms. The van der Waals surface area contributed by atoms with E-state index in [2.05, 4.69) is 4.98 Å². The summed E-state index contributed by atoms with van der Waals surface area (Å²) >= 11 is 12.4. The zero-order chi connectivity index (χ0) is 18.8. The molecule has 0 saturated heterocycles. The lowest BCUT2D eigenvalue weighted by Gasteiger charge is -2.15. The van der Waals surface area contributed by atoms with Crippen molar-refractivity contribution in [3.63, 3.8) is 0 Å². The molecule has 134 valence electrons. The summed E-state index contributed by atoms with van der Waals surface area (Å²) < 4.78 is 1.99. The second-order valence-corrected chi connectivity index (χ2v) is 6.90. The van der Waals surface area contributed by atoms with E-state index in [-0.39, 0.29) is 5.91 Å². The number of hydrogen-bond donors (Lipinski definition) is 1. The maximum Gasteiger partial charge on any atom is 0.246 e. The van der Waals surface area contributed by atoms with Crippen LogP contribution >= 0.6 is 23.2 Å². The van der Waals surface area contributed by atoms with Gasteiger partial charge < -0.3 is 15.2 Å². The van der Waals surface area contributed by atoms with Gasteiger partial charge in [-0.05, 0) is 42.0 Å². The fourth-order valence-electron chi connectivity index (χ4n) is 2.69. The fourth-order valence-corrected chi connectivity index (χ4v) is 3.23. The van der Waals surface area contributed by atoms with Gasteiger partial charge in [0.05, 0.1) is 17.1 Å².